The first kappa shape index (κ1) is 27.7. The van der Waals surface area contributed by atoms with Gasteiger partial charge in [0.15, 0.2) is 17.6 Å². The number of carbonyl (C=O) groups is 1. The second-order valence-corrected chi connectivity index (χ2v) is 13.7. The SMILES string of the molecule is CS(=O)(=O)CCCOc1ccc(Oc2cccc3c2OC[C@H]3Oc2ccc(C3CC(=O)NS(=O)(=O)C3)cc2)cn1. The van der Waals surface area contributed by atoms with Gasteiger partial charge in [0.25, 0.3) is 0 Å². The molecular weight excluding hydrogens is 560 g/mol. The Morgan fingerprint density at radius 3 is 2.55 bits per heavy atom. The third-order valence-corrected chi connectivity index (χ3v) is 8.74. The first-order valence-electron chi connectivity index (χ1n) is 12.5. The van der Waals surface area contributed by atoms with Crippen LogP contribution in [0.15, 0.2) is 60.8 Å². The quantitative estimate of drug-likeness (QED) is 0.350. The number of nitrogens with zero attached hydrogens (tertiary/aromatic N) is 1. The Bertz CT molecular complexity index is 1590. The van der Waals surface area contributed by atoms with E-state index in [-0.39, 0.29) is 37.2 Å². The van der Waals surface area contributed by atoms with E-state index in [1.165, 1.54) is 12.5 Å². The van der Waals surface area contributed by atoms with E-state index in [1.807, 2.05) is 16.9 Å². The Hall–Kier alpha value is -3.84. The Kier molecular flexibility index (Phi) is 7.86. The molecule has 0 radical (unpaired) electrons. The Labute approximate surface area is 232 Å². The normalized spacial score (nSPS) is 19.7. The van der Waals surface area contributed by atoms with Crippen LogP contribution in [0.25, 0.3) is 0 Å². The molecule has 3 aromatic rings. The number of sulfone groups is 1. The molecule has 0 aliphatic carbocycles. The fraction of sp³-hybridized carbons (Fsp3) is 0.333. The van der Waals surface area contributed by atoms with E-state index < -0.39 is 31.7 Å². The maximum atomic E-state index is 11.9. The minimum atomic E-state index is -3.62. The molecule has 2 atom stereocenters. The zero-order chi connectivity index (χ0) is 28.3. The molecule has 0 bridgehead atoms. The predicted octanol–water partition coefficient (Wildman–Crippen LogP) is 3.13. The maximum Gasteiger partial charge on any atom is 0.235 e. The number of nitrogens with one attached hydrogen (secondary N) is 1. The van der Waals surface area contributed by atoms with Crippen molar-refractivity contribution in [2.24, 2.45) is 0 Å². The van der Waals surface area contributed by atoms with Crippen LogP contribution in [0, 0.1) is 0 Å². The summed E-state index contributed by atoms with van der Waals surface area (Å²) in [6.45, 7) is 0.515. The first-order chi connectivity index (χ1) is 19.0. The molecule has 40 heavy (non-hydrogen) atoms. The molecule has 212 valence electrons. The van der Waals surface area contributed by atoms with Gasteiger partial charge in [-0.15, -0.1) is 0 Å². The van der Waals surface area contributed by atoms with Crippen molar-refractivity contribution in [3.63, 3.8) is 0 Å². The van der Waals surface area contributed by atoms with Crippen molar-refractivity contribution >= 4 is 25.8 Å². The Morgan fingerprint density at radius 2 is 1.85 bits per heavy atom. The number of para-hydroxylation sites is 1. The van der Waals surface area contributed by atoms with Crippen LogP contribution in [-0.4, -0.2) is 58.7 Å². The highest BCUT2D eigenvalue weighted by Crippen LogP contribution is 2.43. The van der Waals surface area contributed by atoms with Crippen molar-refractivity contribution in [3.05, 3.63) is 71.9 Å². The lowest BCUT2D eigenvalue weighted by Gasteiger charge is -2.22. The van der Waals surface area contributed by atoms with Crippen LogP contribution in [0.2, 0.25) is 0 Å². The number of hydrogen-bond acceptors (Lipinski definition) is 10. The van der Waals surface area contributed by atoms with Crippen LogP contribution >= 0.6 is 0 Å². The lowest BCUT2D eigenvalue weighted by Crippen LogP contribution is -2.40. The van der Waals surface area contributed by atoms with Gasteiger partial charge in [-0.05, 0) is 36.2 Å². The van der Waals surface area contributed by atoms with Gasteiger partial charge in [-0.2, -0.15) is 0 Å². The molecule has 1 unspecified atom stereocenters. The molecule has 3 heterocycles. The van der Waals surface area contributed by atoms with E-state index in [1.54, 1.807) is 42.5 Å². The van der Waals surface area contributed by atoms with Crippen molar-refractivity contribution in [2.75, 3.05) is 31.0 Å². The summed E-state index contributed by atoms with van der Waals surface area (Å²) < 4.78 is 71.8. The average Bonchev–Trinajstić information content (AvgIpc) is 3.30. The van der Waals surface area contributed by atoms with Gasteiger partial charge in [-0.25, -0.2) is 21.8 Å². The van der Waals surface area contributed by atoms with Gasteiger partial charge in [-0.3, -0.25) is 9.52 Å². The summed E-state index contributed by atoms with van der Waals surface area (Å²) in [5.74, 6) is 1.48. The van der Waals surface area contributed by atoms with Crippen LogP contribution in [0.3, 0.4) is 0 Å². The monoisotopic (exact) mass is 588 g/mol. The van der Waals surface area contributed by atoms with Crippen LogP contribution in [-0.2, 0) is 24.7 Å². The standard InChI is InChI=1S/C27H28N2O9S2/c1-39(31,32)13-3-12-35-26-11-10-21(15-28-26)38-23-5-2-4-22-24(16-36-27(22)23)37-20-8-6-18(7-9-20)19-14-25(30)29-40(33,34)17-19/h2,4-11,15,19,24H,3,12-14,16-17H2,1H3,(H,29,30)/t19?,24-/m1/s1. The van der Waals surface area contributed by atoms with Gasteiger partial charge in [0, 0.05) is 30.2 Å². The van der Waals surface area contributed by atoms with E-state index in [2.05, 4.69) is 4.98 Å². The maximum absolute atomic E-state index is 11.9. The van der Waals surface area contributed by atoms with E-state index in [0.29, 0.717) is 35.3 Å². The number of rotatable bonds is 10. The Balaban J connectivity index is 1.20. The van der Waals surface area contributed by atoms with Crippen molar-refractivity contribution in [2.45, 2.75) is 24.9 Å². The largest absolute Gasteiger partial charge is 0.485 e. The molecule has 5 rings (SSSR count). The lowest BCUT2D eigenvalue weighted by atomic mass is 9.97. The number of hydrogen-bond donors (Lipinski definition) is 1. The van der Waals surface area contributed by atoms with E-state index in [0.717, 1.165) is 11.1 Å². The smallest absolute Gasteiger partial charge is 0.235 e. The number of benzene rings is 2. The predicted molar refractivity (Wildman–Crippen MR) is 145 cm³/mol. The van der Waals surface area contributed by atoms with Crippen molar-refractivity contribution in [1.29, 1.82) is 0 Å². The summed E-state index contributed by atoms with van der Waals surface area (Å²) in [6, 6.07) is 15.9. The zero-order valence-electron chi connectivity index (χ0n) is 21.6. The molecule has 1 N–H and O–H groups in total. The van der Waals surface area contributed by atoms with Crippen molar-refractivity contribution in [3.8, 4) is 28.9 Å². The summed E-state index contributed by atoms with van der Waals surface area (Å²) in [6.07, 6.45) is 2.81. The minimum Gasteiger partial charge on any atom is -0.485 e. The molecule has 13 heteroatoms. The summed E-state index contributed by atoms with van der Waals surface area (Å²) >= 11 is 0. The second-order valence-electron chi connectivity index (χ2n) is 9.63. The molecule has 0 saturated carbocycles. The minimum absolute atomic E-state index is 0.0519. The van der Waals surface area contributed by atoms with Gasteiger partial charge in [0.2, 0.25) is 21.8 Å². The highest BCUT2D eigenvalue weighted by atomic mass is 32.2. The number of fused-ring (bicyclic) bond motifs is 1. The van der Waals surface area contributed by atoms with Crippen LogP contribution < -0.4 is 23.7 Å². The third-order valence-electron chi connectivity index (χ3n) is 6.33. The van der Waals surface area contributed by atoms with E-state index in [9.17, 15) is 21.6 Å². The highest BCUT2D eigenvalue weighted by Gasteiger charge is 2.31. The van der Waals surface area contributed by atoms with Crippen LogP contribution in [0.4, 0.5) is 0 Å². The lowest BCUT2D eigenvalue weighted by molar-refractivity contribution is -0.119. The molecule has 2 aliphatic rings. The molecule has 11 nitrogen and oxygen atoms in total. The number of sulfonamides is 1. The molecule has 0 spiro atoms. The van der Waals surface area contributed by atoms with E-state index >= 15 is 0 Å². The number of amides is 1. The topological polar surface area (TPSA) is 147 Å². The number of pyridine rings is 1. The van der Waals surface area contributed by atoms with Crippen LogP contribution in [0.1, 0.15) is 36.0 Å². The summed E-state index contributed by atoms with van der Waals surface area (Å²) in [7, 11) is -6.65. The zero-order valence-corrected chi connectivity index (χ0v) is 23.2. The van der Waals surface area contributed by atoms with Gasteiger partial charge in [-0.1, -0.05) is 24.3 Å². The second kappa shape index (κ2) is 11.3. The summed E-state index contributed by atoms with van der Waals surface area (Å²) in [4.78, 5) is 16.0. The average molecular weight is 589 g/mol. The molecule has 2 aliphatic heterocycles. The number of ether oxygens (including phenoxy) is 4. The fourth-order valence-corrected chi connectivity index (χ4v) is 6.50. The highest BCUT2D eigenvalue weighted by molar-refractivity contribution is 7.90. The molecule has 2 aromatic carbocycles. The summed E-state index contributed by atoms with van der Waals surface area (Å²) in [5.41, 5.74) is 1.57. The molecule has 1 saturated heterocycles. The fourth-order valence-electron chi connectivity index (χ4n) is 4.51. The molecule has 1 amide bonds. The van der Waals surface area contributed by atoms with Gasteiger partial charge < -0.3 is 18.9 Å². The third kappa shape index (κ3) is 7.02. The number of carbonyl (C=O) groups excluding carboxylic acids is 1. The summed E-state index contributed by atoms with van der Waals surface area (Å²) in [5, 5.41) is 0. The molecule has 1 fully saturated rings. The number of aromatic nitrogens is 1. The van der Waals surface area contributed by atoms with Gasteiger partial charge >= 0.3 is 0 Å². The van der Waals surface area contributed by atoms with E-state index in [4.69, 9.17) is 18.9 Å². The van der Waals surface area contributed by atoms with Crippen molar-refractivity contribution < 1.29 is 40.6 Å². The van der Waals surface area contributed by atoms with Crippen LogP contribution in [0.5, 0.6) is 28.9 Å². The van der Waals surface area contributed by atoms with Gasteiger partial charge in [0.05, 0.1) is 24.3 Å². The van der Waals surface area contributed by atoms with Crippen molar-refractivity contribution in [1.82, 2.24) is 9.71 Å². The first-order valence-corrected chi connectivity index (χ1v) is 16.3. The molecule has 1 aromatic heterocycles. The molecular formula is C27H28N2O9S2. The van der Waals surface area contributed by atoms with Gasteiger partial charge in [0.1, 0.15) is 27.9 Å². The Morgan fingerprint density at radius 1 is 1.07 bits per heavy atom.